The average molecular weight is 276 g/mol. The third-order valence-corrected chi connectivity index (χ3v) is 2.31. The van der Waals surface area contributed by atoms with Crippen LogP contribution in [0.1, 0.15) is 13.8 Å². The molecule has 0 unspecified atom stereocenters. The lowest BCUT2D eigenvalue weighted by Gasteiger charge is -2.24. The Bertz CT molecular complexity index is 344. The quantitative estimate of drug-likeness (QED) is 0.478. The molecule has 0 aliphatic rings. The van der Waals surface area contributed by atoms with Crippen molar-refractivity contribution in [2.45, 2.75) is 19.4 Å². The number of aliphatic hydroxyl groups excluding tert-OH is 1. The summed E-state index contributed by atoms with van der Waals surface area (Å²) < 4.78 is 0.711. The Morgan fingerprint density at radius 2 is 2.27 bits per heavy atom. The molecule has 0 saturated carbocycles. The normalized spacial score (nSPS) is 11.3. The van der Waals surface area contributed by atoms with E-state index in [1.54, 1.807) is 6.20 Å². The number of hydrazine groups is 1. The average Bonchev–Trinajstić information content (AvgIpc) is 2.21. The van der Waals surface area contributed by atoms with Crippen molar-refractivity contribution in [2.75, 3.05) is 17.3 Å². The number of nitrogens with two attached hydrogens (primary N) is 1. The van der Waals surface area contributed by atoms with Crippen LogP contribution >= 0.6 is 15.9 Å². The van der Waals surface area contributed by atoms with Crippen LogP contribution in [0.3, 0.4) is 0 Å². The number of nitrogens with one attached hydrogen (secondary N) is 2. The van der Waals surface area contributed by atoms with E-state index in [1.807, 2.05) is 13.8 Å². The number of halogens is 1. The van der Waals surface area contributed by atoms with E-state index in [4.69, 9.17) is 10.9 Å². The summed E-state index contributed by atoms with van der Waals surface area (Å²) in [5, 5.41) is 12.2. The second-order valence-electron chi connectivity index (χ2n) is 3.70. The molecular weight excluding hydrogens is 262 g/mol. The van der Waals surface area contributed by atoms with E-state index in [2.05, 4.69) is 36.6 Å². The summed E-state index contributed by atoms with van der Waals surface area (Å²) in [6.45, 7) is 3.71. The summed E-state index contributed by atoms with van der Waals surface area (Å²) in [5.74, 6) is 6.09. The molecule has 0 bridgehead atoms. The van der Waals surface area contributed by atoms with Gasteiger partial charge in [0, 0.05) is 6.20 Å². The molecule has 7 heteroatoms. The van der Waals surface area contributed by atoms with Gasteiger partial charge in [-0.1, -0.05) is 0 Å². The molecule has 0 saturated heterocycles. The molecule has 1 aromatic heterocycles. The second kappa shape index (κ2) is 4.73. The van der Waals surface area contributed by atoms with Crippen molar-refractivity contribution in [2.24, 2.45) is 5.84 Å². The highest BCUT2D eigenvalue weighted by molar-refractivity contribution is 9.10. The summed E-state index contributed by atoms with van der Waals surface area (Å²) in [7, 11) is 0. The van der Waals surface area contributed by atoms with Gasteiger partial charge in [-0.2, -0.15) is 4.98 Å². The second-order valence-corrected chi connectivity index (χ2v) is 4.56. The van der Waals surface area contributed by atoms with Gasteiger partial charge in [0.2, 0.25) is 5.95 Å². The maximum Gasteiger partial charge on any atom is 0.239 e. The molecule has 0 aromatic carbocycles. The Hall–Kier alpha value is -0.920. The summed E-state index contributed by atoms with van der Waals surface area (Å²) in [6, 6.07) is 0. The highest BCUT2D eigenvalue weighted by atomic mass is 79.9. The van der Waals surface area contributed by atoms with E-state index >= 15 is 0 Å². The first-order valence-corrected chi connectivity index (χ1v) is 5.16. The number of hydrogen-bond donors (Lipinski definition) is 4. The number of nitrogens with zero attached hydrogens (tertiary/aromatic N) is 2. The minimum Gasteiger partial charge on any atom is -0.394 e. The summed E-state index contributed by atoms with van der Waals surface area (Å²) in [4.78, 5) is 8.02. The van der Waals surface area contributed by atoms with Crippen molar-refractivity contribution >= 4 is 27.7 Å². The Kier molecular flexibility index (Phi) is 3.83. The highest BCUT2D eigenvalue weighted by Gasteiger charge is 2.18. The third kappa shape index (κ3) is 3.29. The molecule has 15 heavy (non-hydrogen) atoms. The first-order chi connectivity index (χ1) is 6.98. The molecule has 0 fully saturated rings. The van der Waals surface area contributed by atoms with Gasteiger partial charge in [-0.15, -0.1) is 0 Å². The van der Waals surface area contributed by atoms with Crippen LogP contribution < -0.4 is 16.6 Å². The van der Waals surface area contributed by atoms with Gasteiger partial charge < -0.3 is 10.4 Å². The first kappa shape index (κ1) is 12.2. The third-order valence-electron chi connectivity index (χ3n) is 1.73. The Labute approximate surface area is 96.4 Å². The van der Waals surface area contributed by atoms with Crippen LogP contribution in [0.5, 0.6) is 0 Å². The van der Waals surface area contributed by atoms with Crippen molar-refractivity contribution in [3.05, 3.63) is 10.7 Å². The molecule has 0 radical (unpaired) electrons. The topological polar surface area (TPSA) is 96.1 Å². The zero-order valence-corrected chi connectivity index (χ0v) is 10.2. The molecule has 0 aliphatic heterocycles. The molecule has 1 rings (SSSR count). The van der Waals surface area contributed by atoms with E-state index in [-0.39, 0.29) is 6.61 Å². The van der Waals surface area contributed by atoms with Crippen molar-refractivity contribution in [3.8, 4) is 0 Å². The van der Waals surface area contributed by atoms with E-state index in [9.17, 15) is 0 Å². The van der Waals surface area contributed by atoms with Crippen LogP contribution in [-0.4, -0.2) is 27.2 Å². The molecule has 0 spiro atoms. The van der Waals surface area contributed by atoms with Crippen molar-refractivity contribution in [1.82, 2.24) is 9.97 Å². The fourth-order valence-corrected chi connectivity index (χ4v) is 1.17. The number of aliphatic hydroxyl groups is 1. The lowest BCUT2D eigenvalue weighted by molar-refractivity contribution is 0.234. The Morgan fingerprint density at radius 3 is 2.80 bits per heavy atom. The monoisotopic (exact) mass is 275 g/mol. The van der Waals surface area contributed by atoms with E-state index in [1.165, 1.54) is 0 Å². The van der Waals surface area contributed by atoms with Crippen LogP contribution in [0.2, 0.25) is 0 Å². The Balaban J connectivity index is 2.93. The number of anilines is 2. The predicted molar refractivity (Wildman–Crippen MR) is 62.3 cm³/mol. The van der Waals surface area contributed by atoms with Crippen LogP contribution in [0.15, 0.2) is 10.7 Å². The van der Waals surface area contributed by atoms with E-state index in [0.29, 0.717) is 16.2 Å². The molecule has 0 aliphatic carbocycles. The lowest BCUT2D eigenvalue weighted by Crippen LogP contribution is -2.35. The largest absolute Gasteiger partial charge is 0.394 e. The van der Waals surface area contributed by atoms with Crippen LogP contribution in [0.25, 0.3) is 0 Å². The van der Waals surface area contributed by atoms with Gasteiger partial charge in [0.05, 0.1) is 16.6 Å². The van der Waals surface area contributed by atoms with Crippen LogP contribution in [0.4, 0.5) is 11.8 Å². The van der Waals surface area contributed by atoms with Crippen molar-refractivity contribution < 1.29 is 5.11 Å². The van der Waals surface area contributed by atoms with Crippen LogP contribution in [0, 0.1) is 0 Å². The fraction of sp³-hybridized carbons (Fsp3) is 0.500. The highest BCUT2D eigenvalue weighted by Crippen LogP contribution is 2.22. The maximum atomic E-state index is 9.11. The molecule has 5 N–H and O–H groups in total. The number of aromatic nitrogens is 2. The van der Waals surface area contributed by atoms with Gasteiger partial charge in [0.1, 0.15) is 5.82 Å². The van der Waals surface area contributed by atoms with Crippen molar-refractivity contribution in [3.63, 3.8) is 0 Å². The standard InChI is InChI=1S/C8H14BrN5O/c1-8(2,4-15)13-6-5(9)3-11-7(12-6)14-10/h3,15H,4,10H2,1-2H3,(H2,11,12,13,14). The maximum absolute atomic E-state index is 9.11. The zero-order valence-electron chi connectivity index (χ0n) is 8.58. The first-order valence-electron chi connectivity index (χ1n) is 4.37. The smallest absolute Gasteiger partial charge is 0.239 e. The lowest BCUT2D eigenvalue weighted by atomic mass is 10.1. The fourth-order valence-electron chi connectivity index (χ4n) is 0.884. The van der Waals surface area contributed by atoms with Gasteiger partial charge in [0.25, 0.3) is 0 Å². The molecule has 0 amide bonds. The zero-order chi connectivity index (χ0) is 11.5. The van der Waals surface area contributed by atoms with E-state index < -0.39 is 5.54 Å². The van der Waals surface area contributed by atoms with Crippen molar-refractivity contribution in [1.29, 1.82) is 0 Å². The Morgan fingerprint density at radius 1 is 1.60 bits per heavy atom. The van der Waals surface area contributed by atoms with Gasteiger partial charge in [0.15, 0.2) is 0 Å². The number of nitrogen functional groups attached to an aromatic ring is 1. The molecule has 0 atom stereocenters. The van der Waals surface area contributed by atoms with Gasteiger partial charge in [-0.05, 0) is 29.8 Å². The minimum absolute atomic E-state index is 0.00513. The SMILES string of the molecule is CC(C)(CO)Nc1nc(NN)ncc1Br. The predicted octanol–water partition coefficient (Wildman–Crippen LogP) is 0.708. The summed E-state index contributed by atoms with van der Waals surface area (Å²) >= 11 is 3.30. The van der Waals surface area contributed by atoms with E-state index in [0.717, 1.165) is 0 Å². The molecular formula is C8H14BrN5O. The van der Waals surface area contributed by atoms with Gasteiger partial charge in [-0.3, -0.25) is 5.43 Å². The molecule has 84 valence electrons. The summed E-state index contributed by atoms with van der Waals surface area (Å²) in [6.07, 6.45) is 1.58. The van der Waals surface area contributed by atoms with Crippen LogP contribution in [-0.2, 0) is 0 Å². The minimum atomic E-state index is -0.456. The molecule has 1 aromatic rings. The number of rotatable bonds is 4. The summed E-state index contributed by atoms with van der Waals surface area (Å²) in [5.41, 5.74) is 1.90. The number of hydrogen-bond acceptors (Lipinski definition) is 6. The van der Waals surface area contributed by atoms with Gasteiger partial charge in [-0.25, -0.2) is 10.8 Å². The van der Waals surface area contributed by atoms with Gasteiger partial charge >= 0.3 is 0 Å². The molecule has 6 nitrogen and oxygen atoms in total. The molecule has 1 heterocycles.